The average molecular weight is 210 g/mol. The van der Waals surface area contributed by atoms with Gasteiger partial charge in [0, 0.05) is 10.1 Å². The second-order valence-corrected chi connectivity index (χ2v) is 4.85. The summed E-state index contributed by atoms with van der Waals surface area (Å²) in [6, 6.07) is 8.13. The van der Waals surface area contributed by atoms with Gasteiger partial charge in [-0.3, -0.25) is 4.79 Å². The van der Waals surface area contributed by atoms with E-state index in [0.717, 1.165) is 4.90 Å². The first-order valence-electron chi connectivity index (χ1n) is 4.53. The Hall–Kier alpha value is -0.960. The SMILES string of the molecule is Cc1ccc(S[C@@H](C)CC(=O)O)cc1. The predicted molar refractivity (Wildman–Crippen MR) is 58.8 cm³/mol. The highest BCUT2D eigenvalue weighted by Crippen LogP contribution is 2.25. The van der Waals surface area contributed by atoms with E-state index in [9.17, 15) is 4.79 Å². The molecule has 0 aliphatic rings. The van der Waals surface area contributed by atoms with Gasteiger partial charge in [-0.05, 0) is 19.1 Å². The lowest BCUT2D eigenvalue weighted by Crippen LogP contribution is -2.05. The third-order valence-electron chi connectivity index (χ3n) is 1.82. The summed E-state index contributed by atoms with van der Waals surface area (Å²) in [5.74, 6) is -0.739. The third-order valence-corrected chi connectivity index (χ3v) is 2.93. The summed E-state index contributed by atoms with van der Waals surface area (Å²) in [6.07, 6.45) is 0.207. The first-order valence-corrected chi connectivity index (χ1v) is 5.41. The van der Waals surface area contributed by atoms with Crippen LogP contribution in [0.25, 0.3) is 0 Å². The van der Waals surface area contributed by atoms with Crippen molar-refractivity contribution in [2.45, 2.75) is 30.4 Å². The van der Waals surface area contributed by atoms with Crippen molar-refractivity contribution in [1.29, 1.82) is 0 Å². The number of hydrogen-bond donors (Lipinski definition) is 1. The number of benzene rings is 1. The van der Waals surface area contributed by atoms with Gasteiger partial charge in [0.05, 0.1) is 6.42 Å². The number of carboxylic acid groups (broad SMARTS) is 1. The Morgan fingerprint density at radius 1 is 1.43 bits per heavy atom. The molecule has 0 aliphatic heterocycles. The van der Waals surface area contributed by atoms with E-state index in [0.29, 0.717) is 0 Å². The van der Waals surface area contributed by atoms with Gasteiger partial charge in [-0.1, -0.05) is 24.6 Å². The standard InChI is InChI=1S/C11H14O2S/c1-8-3-5-10(6-4-8)14-9(2)7-11(12)13/h3-6,9H,7H2,1-2H3,(H,12,13)/t9-/m0/s1. The van der Waals surface area contributed by atoms with Crippen LogP contribution in [0.2, 0.25) is 0 Å². The lowest BCUT2D eigenvalue weighted by molar-refractivity contribution is -0.136. The molecule has 0 heterocycles. The molecular weight excluding hydrogens is 196 g/mol. The fraction of sp³-hybridized carbons (Fsp3) is 0.364. The zero-order valence-corrected chi connectivity index (χ0v) is 9.17. The lowest BCUT2D eigenvalue weighted by atomic mass is 10.2. The second-order valence-electron chi connectivity index (χ2n) is 3.34. The van der Waals surface area contributed by atoms with E-state index >= 15 is 0 Å². The highest BCUT2D eigenvalue weighted by Gasteiger charge is 2.08. The third kappa shape index (κ3) is 3.83. The first kappa shape index (κ1) is 11.1. The van der Waals surface area contributed by atoms with Gasteiger partial charge in [0.25, 0.3) is 0 Å². The van der Waals surface area contributed by atoms with Gasteiger partial charge < -0.3 is 5.11 Å². The minimum atomic E-state index is -0.739. The summed E-state index contributed by atoms with van der Waals surface area (Å²) in [7, 11) is 0. The molecule has 76 valence electrons. The summed E-state index contributed by atoms with van der Waals surface area (Å²) in [5, 5.41) is 8.71. The van der Waals surface area contributed by atoms with Crippen molar-refractivity contribution in [3.63, 3.8) is 0 Å². The van der Waals surface area contributed by atoms with Crippen LogP contribution in [-0.2, 0) is 4.79 Å². The van der Waals surface area contributed by atoms with Crippen LogP contribution in [0.15, 0.2) is 29.2 Å². The molecule has 0 aliphatic carbocycles. The first-order chi connectivity index (χ1) is 6.58. The van der Waals surface area contributed by atoms with Crippen molar-refractivity contribution in [3.05, 3.63) is 29.8 Å². The van der Waals surface area contributed by atoms with E-state index in [1.807, 2.05) is 38.1 Å². The van der Waals surface area contributed by atoms with Crippen LogP contribution in [0.1, 0.15) is 18.9 Å². The van der Waals surface area contributed by atoms with Crippen LogP contribution in [0, 0.1) is 6.92 Å². The molecule has 2 nitrogen and oxygen atoms in total. The number of carbonyl (C=O) groups is 1. The molecule has 0 fully saturated rings. The van der Waals surface area contributed by atoms with Crippen LogP contribution in [0.5, 0.6) is 0 Å². The van der Waals surface area contributed by atoms with Crippen molar-refractivity contribution in [1.82, 2.24) is 0 Å². The molecule has 1 atom stereocenters. The molecule has 3 heteroatoms. The summed E-state index contributed by atoms with van der Waals surface area (Å²) >= 11 is 1.60. The molecular formula is C11H14O2S. The summed E-state index contributed by atoms with van der Waals surface area (Å²) < 4.78 is 0. The Labute approximate surface area is 88.3 Å². The molecule has 0 spiro atoms. The van der Waals surface area contributed by atoms with Gasteiger partial charge >= 0.3 is 5.97 Å². The van der Waals surface area contributed by atoms with Crippen LogP contribution in [0.4, 0.5) is 0 Å². The van der Waals surface area contributed by atoms with Gasteiger partial charge in [0.2, 0.25) is 0 Å². The quantitative estimate of drug-likeness (QED) is 0.776. The highest BCUT2D eigenvalue weighted by atomic mass is 32.2. The molecule has 1 aromatic rings. The monoisotopic (exact) mass is 210 g/mol. The zero-order chi connectivity index (χ0) is 10.6. The van der Waals surface area contributed by atoms with E-state index in [-0.39, 0.29) is 11.7 Å². The number of aryl methyl sites for hydroxylation is 1. The fourth-order valence-corrected chi connectivity index (χ4v) is 2.12. The molecule has 14 heavy (non-hydrogen) atoms. The number of carboxylic acids is 1. The fourth-order valence-electron chi connectivity index (χ4n) is 1.14. The van der Waals surface area contributed by atoms with Crippen molar-refractivity contribution in [2.75, 3.05) is 0 Å². The minimum Gasteiger partial charge on any atom is -0.481 e. The molecule has 0 aromatic heterocycles. The Bertz CT molecular complexity index is 306. The molecule has 1 aromatic carbocycles. The second kappa shape index (κ2) is 5.05. The highest BCUT2D eigenvalue weighted by molar-refractivity contribution is 8.00. The van der Waals surface area contributed by atoms with Crippen LogP contribution < -0.4 is 0 Å². The van der Waals surface area contributed by atoms with Gasteiger partial charge in [-0.15, -0.1) is 11.8 Å². The van der Waals surface area contributed by atoms with Crippen LogP contribution >= 0.6 is 11.8 Å². The van der Waals surface area contributed by atoms with Crippen molar-refractivity contribution >= 4 is 17.7 Å². The summed E-state index contributed by atoms with van der Waals surface area (Å²) in [5.41, 5.74) is 1.22. The van der Waals surface area contributed by atoms with Crippen LogP contribution in [-0.4, -0.2) is 16.3 Å². The zero-order valence-electron chi connectivity index (χ0n) is 8.36. The molecule has 0 bridgehead atoms. The molecule has 0 amide bonds. The lowest BCUT2D eigenvalue weighted by Gasteiger charge is -2.08. The molecule has 1 N–H and O–H groups in total. The summed E-state index contributed by atoms with van der Waals surface area (Å²) in [6.45, 7) is 3.97. The van der Waals surface area contributed by atoms with Crippen molar-refractivity contribution in [2.24, 2.45) is 0 Å². The normalized spacial score (nSPS) is 12.4. The van der Waals surface area contributed by atoms with Gasteiger partial charge in [0.15, 0.2) is 0 Å². The molecule has 0 radical (unpaired) electrons. The number of rotatable bonds is 4. The predicted octanol–water partition coefficient (Wildman–Crippen LogP) is 2.95. The maximum atomic E-state index is 10.4. The largest absolute Gasteiger partial charge is 0.481 e. The molecule has 0 unspecified atom stereocenters. The van der Waals surface area contributed by atoms with E-state index in [1.54, 1.807) is 11.8 Å². The van der Waals surface area contributed by atoms with Gasteiger partial charge in [-0.2, -0.15) is 0 Å². The Kier molecular flexibility index (Phi) is 4.01. The Balaban J connectivity index is 2.51. The number of thioether (sulfide) groups is 1. The molecule has 0 saturated carbocycles. The van der Waals surface area contributed by atoms with Gasteiger partial charge in [-0.25, -0.2) is 0 Å². The topological polar surface area (TPSA) is 37.3 Å². The van der Waals surface area contributed by atoms with Crippen LogP contribution in [0.3, 0.4) is 0 Å². The Morgan fingerprint density at radius 3 is 2.50 bits per heavy atom. The van der Waals surface area contributed by atoms with Crippen molar-refractivity contribution in [3.8, 4) is 0 Å². The number of hydrogen-bond acceptors (Lipinski definition) is 2. The van der Waals surface area contributed by atoms with Gasteiger partial charge in [0.1, 0.15) is 0 Å². The molecule has 1 rings (SSSR count). The summed E-state index contributed by atoms with van der Waals surface area (Å²) in [4.78, 5) is 11.6. The van der Waals surface area contributed by atoms with Crippen molar-refractivity contribution < 1.29 is 9.90 Å². The van der Waals surface area contributed by atoms with E-state index < -0.39 is 5.97 Å². The minimum absolute atomic E-state index is 0.121. The molecule has 0 saturated heterocycles. The maximum Gasteiger partial charge on any atom is 0.304 e. The average Bonchev–Trinajstić information content (AvgIpc) is 2.07. The van der Waals surface area contributed by atoms with E-state index in [1.165, 1.54) is 5.56 Å². The maximum absolute atomic E-state index is 10.4. The van der Waals surface area contributed by atoms with E-state index in [4.69, 9.17) is 5.11 Å². The smallest absolute Gasteiger partial charge is 0.304 e. The number of aliphatic carboxylic acids is 1. The Morgan fingerprint density at radius 2 is 2.00 bits per heavy atom. The van der Waals surface area contributed by atoms with E-state index in [2.05, 4.69) is 0 Å².